The third-order valence-corrected chi connectivity index (χ3v) is 3.55. The van der Waals surface area contributed by atoms with Gasteiger partial charge in [-0.25, -0.2) is 9.98 Å². The average Bonchev–Trinajstić information content (AvgIpc) is 2.64. The summed E-state index contributed by atoms with van der Waals surface area (Å²) >= 11 is 0. The fraction of sp³-hybridized carbons (Fsp3) is 0.368. The van der Waals surface area contributed by atoms with Gasteiger partial charge in [0.2, 0.25) is 5.88 Å². The Labute approximate surface area is 167 Å². The van der Waals surface area contributed by atoms with Gasteiger partial charge in [0, 0.05) is 25.4 Å². The van der Waals surface area contributed by atoms with E-state index < -0.39 is 0 Å². The maximum Gasteiger partial charge on any atom is 0.212 e. The highest BCUT2D eigenvalue weighted by Crippen LogP contribution is 2.07. The number of rotatable bonds is 8. The van der Waals surface area contributed by atoms with Gasteiger partial charge >= 0.3 is 0 Å². The van der Waals surface area contributed by atoms with Crippen LogP contribution in [0.5, 0.6) is 5.88 Å². The number of benzene rings is 1. The summed E-state index contributed by atoms with van der Waals surface area (Å²) in [5.74, 6) is 1.45. The topological polar surface area (TPSA) is 58.5 Å². The summed E-state index contributed by atoms with van der Waals surface area (Å²) in [6, 6.07) is 14.4. The minimum atomic E-state index is 0. The second-order valence-electron chi connectivity index (χ2n) is 5.42. The van der Waals surface area contributed by atoms with Gasteiger partial charge in [-0.2, -0.15) is 0 Å². The van der Waals surface area contributed by atoms with Crippen molar-refractivity contribution in [2.75, 3.05) is 20.2 Å². The quantitative estimate of drug-likeness (QED) is 0.278. The van der Waals surface area contributed by atoms with Crippen molar-refractivity contribution < 1.29 is 4.74 Å². The van der Waals surface area contributed by atoms with Gasteiger partial charge in [-0.1, -0.05) is 36.4 Å². The molecule has 0 unspecified atom stereocenters. The molecule has 1 aromatic carbocycles. The Morgan fingerprint density at radius 1 is 1.08 bits per heavy atom. The van der Waals surface area contributed by atoms with Crippen molar-refractivity contribution in [2.45, 2.75) is 26.3 Å². The first-order chi connectivity index (χ1) is 11.8. The van der Waals surface area contributed by atoms with E-state index in [0.717, 1.165) is 37.5 Å². The van der Waals surface area contributed by atoms with Crippen LogP contribution >= 0.6 is 24.0 Å². The maximum absolute atomic E-state index is 5.06. The van der Waals surface area contributed by atoms with Crippen molar-refractivity contribution >= 4 is 29.9 Å². The number of guanidine groups is 1. The van der Waals surface area contributed by atoms with Gasteiger partial charge in [-0.3, -0.25) is 0 Å². The van der Waals surface area contributed by atoms with Gasteiger partial charge < -0.3 is 15.4 Å². The monoisotopic (exact) mass is 454 g/mol. The molecule has 0 atom stereocenters. The van der Waals surface area contributed by atoms with Crippen molar-refractivity contribution in [2.24, 2.45) is 4.99 Å². The molecule has 0 amide bonds. The van der Waals surface area contributed by atoms with Crippen molar-refractivity contribution in [3.63, 3.8) is 0 Å². The molecule has 0 aliphatic rings. The summed E-state index contributed by atoms with van der Waals surface area (Å²) in [7, 11) is 1.61. The van der Waals surface area contributed by atoms with Crippen molar-refractivity contribution in [3.05, 3.63) is 59.8 Å². The van der Waals surface area contributed by atoms with E-state index in [2.05, 4.69) is 51.8 Å². The van der Waals surface area contributed by atoms with E-state index in [0.29, 0.717) is 12.4 Å². The molecule has 0 aliphatic heterocycles. The Morgan fingerprint density at radius 2 is 1.88 bits per heavy atom. The Hall–Kier alpha value is -1.83. The Bertz CT molecular complexity index is 617. The first-order valence-corrected chi connectivity index (χ1v) is 8.37. The predicted octanol–water partition coefficient (Wildman–Crippen LogP) is 3.40. The number of nitrogens with zero attached hydrogens (tertiary/aromatic N) is 2. The van der Waals surface area contributed by atoms with Crippen LogP contribution in [0.25, 0.3) is 0 Å². The Balaban J connectivity index is 0.00000312. The number of aromatic nitrogens is 1. The number of halogens is 1. The molecule has 1 heterocycles. The van der Waals surface area contributed by atoms with E-state index in [-0.39, 0.29) is 24.0 Å². The van der Waals surface area contributed by atoms with E-state index in [4.69, 9.17) is 4.74 Å². The lowest BCUT2D eigenvalue weighted by Gasteiger charge is -2.11. The molecule has 2 N–H and O–H groups in total. The number of hydrogen-bond donors (Lipinski definition) is 2. The smallest absolute Gasteiger partial charge is 0.212 e. The molecule has 0 aliphatic carbocycles. The Kier molecular flexibility index (Phi) is 10.6. The molecule has 136 valence electrons. The number of hydrogen-bond acceptors (Lipinski definition) is 3. The molecule has 1 aromatic heterocycles. The fourth-order valence-electron chi connectivity index (χ4n) is 2.28. The largest absolute Gasteiger partial charge is 0.481 e. The van der Waals surface area contributed by atoms with Gasteiger partial charge in [0.1, 0.15) is 0 Å². The molecule has 0 radical (unpaired) electrons. The molecule has 5 nitrogen and oxygen atoms in total. The molecule has 25 heavy (non-hydrogen) atoms. The fourth-order valence-corrected chi connectivity index (χ4v) is 2.28. The number of aliphatic imine (C=N–C) groups is 1. The van der Waals surface area contributed by atoms with Crippen LogP contribution in [0.15, 0.2) is 53.7 Å². The van der Waals surface area contributed by atoms with Gasteiger partial charge in [0.15, 0.2) is 5.96 Å². The molecule has 2 aromatic rings. The summed E-state index contributed by atoms with van der Waals surface area (Å²) < 4.78 is 5.06. The number of ether oxygens (including phenoxy) is 1. The number of nitrogens with one attached hydrogen (secondary N) is 2. The molecule has 0 saturated carbocycles. The number of pyridine rings is 1. The average molecular weight is 454 g/mol. The summed E-state index contributed by atoms with van der Waals surface area (Å²) in [4.78, 5) is 8.80. The van der Waals surface area contributed by atoms with Crippen LogP contribution in [0.4, 0.5) is 0 Å². The second-order valence-corrected chi connectivity index (χ2v) is 5.42. The molecular formula is C19H27IN4O. The minimum absolute atomic E-state index is 0. The summed E-state index contributed by atoms with van der Waals surface area (Å²) in [5, 5.41) is 6.65. The minimum Gasteiger partial charge on any atom is -0.481 e. The molecule has 0 bridgehead atoms. The number of aryl methyl sites for hydroxylation is 1. The zero-order valence-electron chi connectivity index (χ0n) is 14.9. The van der Waals surface area contributed by atoms with E-state index in [1.807, 2.05) is 18.2 Å². The molecule has 0 spiro atoms. The van der Waals surface area contributed by atoms with Crippen molar-refractivity contribution in [3.8, 4) is 5.88 Å². The molecule has 6 heteroatoms. The first kappa shape index (κ1) is 21.2. The van der Waals surface area contributed by atoms with Crippen molar-refractivity contribution in [1.29, 1.82) is 0 Å². The van der Waals surface area contributed by atoms with E-state index >= 15 is 0 Å². The van der Waals surface area contributed by atoms with Crippen LogP contribution in [0.1, 0.15) is 24.5 Å². The zero-order chi connectivity index (χ0) is 17.0. The van der Waals surface area contributed by atoms with E-state index in [1.54, 1.807) is 13.3 Å². The lowest BCUT2D eigenvalue weighted by molar-refractivity contribution is 0.397. The second kappa shape index (κ2) is 12.5. The summed E-state index contributed by atoms with van der Waals surface area (Å²) in [5.41, 5.74) is 2.42. The van der Waals surface area contributed by atoms with Crippen LogP contribution in [0.2, 0.25) is 0 Å². The van der Waals surface area contributed by atoms with Crippen LogP contribution in [0.3, 0.4) is 0 Å². The third kappa shape index (κ3) is 8.20. The van der Waals surface area contributed by atoms with E-state index in [9.17, 15) is 0 Å². The standard InChI is InChI=1S/C19H26N4O.HI/c1-3-20-19(21-13-7-10-16-8-5-4-6-9-16)23-15-17-11-12-18(24-2)22-14-17;/h4-6,8-9,11-12,14H,3,7,10,13,15H2,1-2H3,(H2,20,21,23);1H. The Morgan fingerprint density at radius 3 is 2.52 bits per heavy atom. The van der Waals surface area contributed by atoms with Gasteiger partial charge in [0.05, 0.1) is 13.7 Å². The molecule has 2 rings (SSSR count). The maximum atomic E-state index is 5.06. The lowest BCUT2D eigenvalue weighted by Crippen LogP contribution is -2.37. The molecule has 0 saturated heterocycles. The zero-order valence-corrected chi connectivity index (χ0v) is 17.2. The summed E-state index contributed by atoms with van der Waals surface area (Å²) in [6.45, 7) is 4.38. The highest BCUT2D eigenvalue weighted by Gasteiger charge is 1.99. The first-order valence-electron chi connectivity index (χ1n) is 8.37. The number of methoxy groups -OCH3 is 1. The molecular weight excluding hydrogens is 427 g/mol. The SMILES string of the molecule is CCNC(=NCc1ccc(OC)nc1)NCCCc1ccccc1.I. The van der Waals surface area contributed by atoms with Gasteiger partial charge in [-0.15, -0.1) is 24.0 Å². The predicted molar refractivity (Wildman–Crippen MR) is 114 cm³/mol. The van der Waals surface area contributed by atoms with Crippen molar-refractivity contribution in [1.82, 2.24) is 15.6 Å². The molecule has 0 fully saturated rings. The third-order valence-electron chi connectivity index (χ3n) is 3.55. The van der Waals surface area contributed by atoms with Gasteiger partial charge in [-0.05, 0) is 30.9 Å². The van der Waals surface area contributed by atoms with Crippen LogP contribution in [-0.2, 0) is 13.0 Å². The lowest BCUT2D eigenvalue weighted by atomic mass is 10.1. The highest BCUT2D eigenvalue weighted by molar-refractivity contribution is 14.0. The van der Waals surface area contributed by atoms with Crippen LogP contribution in [0, 0.1) is 0 Å². The normalized spacial score (nSPS) is 10.7. The van der Waals surface area contributed by atoms with Gasteiger partial charge in [0.25, 0.3) is 0 Å². The highest BCUT2D eigenvalue weighted by atomic mass is 127. The van der Waals surface area contributed by atoms with Crippen LogP contribution in [-0.4, -0.2) is 31.1 Å². The summed E-state index contributed by atoms with van der Waals surface area (Å²) in [6.07, 6.45) is 3.93. The van der Waals surface area contributed by atoms with E-state index in [1.165, 1.54) is 5.56 Å². The van der Waals surface area contributed by atoms with Crippen LogP contribution < -0.4 is 15.4 Å².